The van der Waals surface area contributed by atoms with Crippen molar-refractivity contribution < 1.29 is 19.1 Å². The van der Waals surface area contributed by atoms with E-state index in [9.17, 15) is 9.59 Å². The minimum Gasteiger partial charge on any atom is -0.493 e. The molecule has 2 amide bonds. The van der Waals surface area contributed by atoms with Crippen LogP contribution in [0.4, 0.5) is 11.4 Å². The maximum Gasteiger partial charge on any atom is 0.262 e. The van der Waals surface area contributed by atoms with Gasteiger partial charge in [0, 0.05) is 17.8 Å². The molecule has 2 aromatic rings. The van der Waals surface area contributed by atoms with E-state index in [1.54, 1.807) is 56.5 Å². The van der Waals surface area contributed by atoms with Crippen LogP contribution in [0.1, 0.15) is 13.3 Å². The average Bonchev–Trinajstić information content (AvgIpc) is 2.60. The summed E-state index contributed by atoms with van der Waals surface area (Å²) >= 11 is 0. The van der Waals surface area contributed by atoms with Gasteiger partial charge in [-0.2, -0.15) is 0 Å². The minimum absolute atomic E-state index is 0.0852. The molecule has 6 nitrogen and oxygen atoms in total. The number of methoxy groups -OCH3 is 1. The van der Waals surface area contributed by atoms with Crippen LogP contribution in [0.25, 0.3) is 0 Å². The fourth-order valence-corrected chi connectivity index (χ4v) is 2.00. The number of benzene rings is 2. The van der Waals surface area contributed by atoms with Crippen molar-refractivity contribution in [2.45, 2.75) is 13.3 Å². The van der Waals surface area contributed by atoms with Crippen molar-refractivity contribution in [3.8, 4) is 11.5 Å². The molecule has 6 heteroatoms. The number of amides is 2. The first-order valence-corrected chi connectivity index (χ1v) is 7.58. The molecule has 2 N–H and O–H groups in total. The van der Waals surface area contributed by atoms with E-state index in [4.69, 9.17) is 9.47 Å². The Morgan fingerprint density at radius 2 is 1.54 bits per heavy atom. The lowest BCUT2D eigenvalue weighted by Crippen LogP contribution is -2.20. The van der Waals surface area contributed by atoms with Crippen molar-refractivity contribution in [2.24, 2.45) is 0 Å². The zero-order valence-electron chi connectivity index (χ0n) is 13.7. The van der Waals surface area contributed by atoms with Gasteiger partial charge >= 0.3 is 0 Å². The smallest absolute Gasteiger partial charge is 0.262 e. The molecule has 0 spiro atoms. The normalized spacial score (nSPS) is 9.92. The summed E-state index contributed by atoms with van der Waals surface area (Å²) in [7, 11) is 1.54. The van der Waals surface area contributed by atoms with Crippen LogP contribution in [-0.4, -0.2) is 25.5 Å². The van der Waals surface area contributed by atoms with E-state index in [1.807, 2.05) is 6.07 Å². The number of nitrogens with one attached hydrogen (secondary N) is 2. The molecule has 0 atom stereocenters. The second-order valence-electron chi connectivity index (χ2n) is 4.97. The SMILES string of the molecule is CCC(=O)Nc1cccc(NC(=O)COc2ccccc2OC)c1. The molecule has 0 unspecified atom stereocenters. The molecule has 0 aliphatic carbocycles. The van der Waals surface area contributed by atoms with Gasteiger partial charge in [0.15, 0.2) is 18.1 Å². The molecule has 0 aliphatic rings. The van der Waals surface area contributed by atoms with Crippen molar-refractivity contribution in [3.63, 3.8) is 0 Å². The van der Waals surface area contributed by atoms with E-state index in [0.717, 1.165) is 0 Å². The van der Waals surface area contributed by atoms with E-state index >= 15 is 0 Å². The molecule has 126 valence electrons. The molecule has 0 saturated heterocycles. The third-order valence-electron chi connectivity index (χ3n) is 3.18. The van der Waals surface area contributed by atoms with E-state index in [2.05, 4.69) is 10.6 Å². The number of para-hydroxylation sites is 2. The summed E-state index contributed by atoms with van der Waals surface area (Å²) in [5.41, 5.74) is 1.21. The van der Waals surface area contributed by atoms with Gasteiger partial charge in [-0.15, -0.1) is 0 Å². The van der Waals surface area contributed by atoms with Gasteiger partial charge in [0.2, 0.25) is 5.91 Å². The van der Waals surface area contributed by atoms with Gasteiger partial charge in [-0.3, -0.25) is 9.59 Å². The van der Waals surface area contributed by atoms with Gasteiger partial charge in [-0.25, -0.2) is 0 Å². The van der Waals surface area contributed by atoms with Crippen molar-refractivity contribution >= 4 is 23.2 Å². The lowest BCUT2D eigenvalue weighted by atomic mass is 10.2. The summed E-state index contributed by atoms with van der Waals surface area (Å²) in [5.74, 6) is 0.673. The van der Waals surface area contributed by atoms with Crippen LogP contribution in [0.3, 0.4) is 0 Å². The number of rotatable bonds is 7. The van der Waals surface area contributed by atoms with Crippen molar-refractivity contribution in [3.05, 3.63) is 48.5 Å². The molecular weight excluding hydrogens is 308 g/mol. The number of hydrogen-bond donors (Lipinski definition) is 2. The maximum absolute atomic E-state index is 12.0. The molecule has 0 heterocycles. The summed E-state index contributed by atoms with van der Waals surface area (Å²) < 4.78 is 10.6. The summed E-state index contributed by atoms with van der Waals surface area (Å²) in [6.45, 7) is 1.63. The van der Waals surface area contributed by atoms with E-state index < -0.39 is 0 Å². The first-order chi connectivity index (χ1) is 11.6. The summed E-state index contributed by atoms with van der Waals surface area (Å²) in [4.78, 5) is 23.4. The van der Waals surface area contributed by atoms with E-state index in [0.29, 0.717) is 29.3 Å². The highest BCUT2D eigenvalue weighted by molar-refractivity contribution is 5.94. The Kier molecular flexibility index (Phi) is 6.19. The molecule has 0 aliphatic heterocycles. The summed E-state index contributed by atoms with van der Waals surface area (Å²) in [5, 5.41) is 5.47. The lowest BCUT2D eigenvalue weighted by Gasteiger charge is -2.11. The molecule has 2 rings (SSSR count). The van der Waals surface area contributed by atoms with Crippen LogP contribution >= 0.6 is 0 Å². The standard InChI is InChI=1S/C18H20N2O4/c1-3-17(21)19-13-7-6-8-14(11-13)20-18(22)12-24-16-10-5-4-9-15(16)23-2/h4-11H,3,12H2,1-2H3,(H,19,21)(H,20,22). The number of carbonyl (C=O) groups is 2. The fraction of sp³-hybridized carbons (Fsp3) is 0.222. The summed E-state index contributed by atoms with van der Waals surface area (Å²) in [6, 6.07) is 14.0. The lowest BCUT2D eigenvalue weighted by molar-refractivity contribution is -0.118. The molecule has 0 saturated carbocycles. The predicted octanol–water partition coefficient (Wildman–Crippen LogP) is 3.06. The topological polar surface area (TPSA) is 76.7 Å². The van der Waals surface area contributed by atoms with E-state index in [1.165, 1.54) is 0 Å². The Morgan fingerprint density at radius 3 is 2.17 bits per heavy atom. The van der Waals surface area contributed by atoms with Crippen molar-refractivity contribution in [2.75, 3.05) is 24.4 Å². The number of hydrogen-bond acceptors (Lipinski definition) is 4. The van der Waals surface area contributed by atoms with Gasteiger partial charge in [-0.05, 0) is 30.3 Å². The molecule has 0 aromatic heterocycles. The second kappa shape index (κ2) is 8.57. The Morgan fingerprint density at radius 1 is 0.917 bits per heavy atom. The Bertz CT molecular complexity index is 716. The van der Waals surface area contributed by atoms with Gasteiger partial charge in [0.05, 0.1) is 7.11 Å². The minimum atomic E-state index is -0.306. The molecule has 24 heavy (non-hydrogen) atoms. The van der Waals surface area contributed by atoms with Crippen LogP contribution in [0.15, 0.2) is 48.5 Å². The molecular formula is C18H20N2O4. The predicted molar refractivity (Wildman–Crippen MR) is 92.5 cm³/mol. The summed E-state index contributed by atoms with van der Waals surface area (Å²) in [6.07, 6.45) is 0.392. The van der Waals surface area contributed by atoms with Gasteiger partial charge in [0.25, 0.3) is 5.91 Å². The highest BCUT2D eigenvalue weighted by Gasteiger charge is 2.08. The highest BCUT2D eigenvalue weighted by atomic mass is 16.5. The third kappa shape index (κ3) is 5.01. The third-order valence-corrected chi connectivity index (χ3v) is 3.18. The van der Waals surface area contributed by atoms with E-state index in [-0.39, 0.29) is 18.4 Å². The van der Waals surface area contributed by atoms with Gasteiger partial charge in [-0.1, -0.05) is 25.1 Å². The average molecular weight is 328 g/mol. The highest BCUT2D eigenvalue weighted by Crippen LogP contribution is 2.25. The molecule has 0 radical (unpaired) electrons. The first kappa shape index (κ1) is 17.3. The first-order valence-electron chi connectivity index (χ1n) is 7.58. The zero-order chi connectivity index (χ0) is 17.4. The monoisotopic (exact) mass is 328 g/mol. The van der Waals surface area contributed by atoms with Crippen LogP contribution < -0.4 is 20.1 Å². The maximum atomic E-state index is 12.0. The zero-order valence-corrected chi connectivity index (χ0v) is 13.7. The molecule has 0 fully saturated rings. The van der Waals surface area contributed by atoms with Crippen LogP contribution in [0.2, 0.25) is 0 Å². The second-order valence-corrected chi connectivity index (χ2v) is 4.97. The molecule has 2 aromatic carbocycles. The van der Waals surface area contributed by atoms with Crippen molar-refractivity contribution in [1.29, 1.82) is 0 Å². The van der Waals surface area contributed by atoms with Crippen molar-refractivity contribution in [1.82, 2.24) is 0 Å². The quantitative estimate of drug-likeness (QED) is 0.819. The van der Waals surface area contributed by atoms with Crippen LogP contribution in [0.5, 0.6) is 11.5 Å². The Hall–Kier alpha value is -3.02. The number of carbonyl (C=O) groups excluding carboxylic acids is 2. The molecule has 0 bridgehead atoms. The largest absolute Gasteiger partial charge is 0.493 e. The number of ether oxygens (including phenoxy) is 2. The number of anilines is 2. The Balaban J connectivity index is 1.92. The Labute approximate surface area is 140 Å². The van der Waals surface area contributed by atoms with Gasteiger partial charge < -0.3 is 20.1 Å². The van der Waals surface area contributed by atoms with Crippen LogP contribution in [-0.2, 0) is 9.59 Å². The van der Waals surface area contributed by atoms with Gasteiger partial charge in [0.1, 0.15) is 0 Å². The fourth-order valence-electron chi connectivity index (χ4n) is 2.00. The van der Waals surface area contributed by atoms with Crippen LogP contribution in [0, 0.1) is 0 Å².